The quantitative estimate of drug-likeness (QED) is 0.743. The third-order valence-corrected chi connectivity index (χ3v) is 2.95. The second-order valence-electron chi connectivity index (χ2n) is 3.62. The van der Waals surface area contributed by atoms with Gasteiger partial charge in [0.15, 0.2) is 0 Å². The molecular formula is C14H11Cl2NO. The number of methoxy groups -OCH3 is 1. The first kappa shape index (κ1) is 12.9. The molecular weight excluding hydrogens is 269 g/mol. The lowest BCUT2D eigenvalue weighted by Crippen LogP contribution is -1.83. The zero-order valence-electron chi connectivity index (χ0n) is 9.73. The highest BCUT2D eigenvalue weighted by Crippen LogP contribution is 2.21. The van der Waals surface area contributed by atoms with E-state index in [2.05, 4.69) is 4.99 Å². The molecule has 0 aliphatic carbocycles. The normalized spacial score (nSPS) is 10.8. The lowest BCUT2D eigenvalue weighted by Gasteiger charge is -2.00. The van der Waals surface area contributed by atoms with E-state index < -0.39 is 0 Å². The number of benzene rings is 2. The molecule has 0 saturated heterocycles. The highest BCUT2D eigenvalue weighted by atomic mass is 35.5. The van der Waals surface area contributed by atoms with Crippen molar-refractivity contribution >= 4 is 35.1 Å². The summed E-state index contributed by atoms with van der Waals surface area (Å²) in [4.78, 5) is 4.33. The van der Waals surface area contributed by atoms with Crippen LogP contribution in [0.2, 0.25) is 10.0 Å². The van der Waals surface area contributed by atoms with Gasteiger partial charge in [-0.1, -0.05) is 29.3 Å². The second-order valence-corrected chi connectivity index (χ2v) is 4.47. The van der Waals surface area contributed by atoms with Crippen molar-refractivity contribution in [3.05, 3.63) is 58.1 Å². The average Bonchev–Trinajstić information content (AvgIpc) is 2.38. The van der Waals surface area contributed by atoms with E-state index in [0.717, 1.165) is 17.0 Å². The Balaban J connectivity index is 2.19. The number of ether oxygens (including phenoxy) is 1. The van der Waals surface area contributed by atoms with Gasteiger partial charge in [0, 0.05) is 16.8 Å². The monoisotopic (exact) mass is 279 g/mol. The molecule has 0 N–H and O–H groups in total. The number of hydrogen-bond acceptors (Lipinski definition) is 2. The summed E-state index contributed by atoms with van der Waals surface area (Å²) in [5, 5.41) is 1.20. The van der Waals surface area contributed by atoms with Gasteiger partial charge in [-0.25, -0.2) is 0 Å². The van der Waals surface area contributed by atoms with Crippen LogP contribution in [-0.2, 0) is 0 Å². The Morgan fingerprint density at radius 1 is 1.06 bits per heavy atom. The molecule has 2 aromatic rings. The van der Waals surface area contributed by atoms with Gasteiger partial charge >= 0.3 is 0 Å². The summed E-state index contributed by atoms with van der Waals surface area (Å²) in [5.74, 6) is 0.804. The fourth-order valence-electron chi connectivity index (χ4n) is 1.42. The van der Waals surface area contributed by atoms with Crippen LogP contribution < -0.4 is 4.74 Å². The molecule has 0 saturated carbocycles. The standard InChI is InChI=1S/C14H11Cl2NO/c1-18-13-6-4-12(5-7-13)17-9-10-2-3-11(15)8-14(10)16/h2-9H,1H3. The second kappa shape index (κ2) is 5.89. The van der Waals surface area contributed by atoms with Crippen LogP contribution in [-0.4, -0.2) is 13.3 Å². The Morgan fingerprint density at radius 3 is 2.39 bits per heavy atom. The maximum absolute atomic E-state index is 6.05. The lowest BCUT2D eigenvalue weighted by atomic mass is 10.2. The van der Waals surface area contributed by atoms with Gasteiger partial charge in [0.2, 0.25) is 0 Å². The van der Waals surface area contributed by atoms with Gasteiger partial charge in [-0.05, 0) is 36.4 Å². The van der Waals surface area contributed by atoms with E-state index in [1.54, 1.807) is 25.5 Å². The number of nitrogens with zero attached hydrogens (tertiary/aromatic N) is 1. The fraction of sp³-hybridized carbons (Fsp3) is 0.0714. The van der Waals surface area contributed by atoms with Crippen LogP contribution in [0.15, 0.2) is 47.5 Å². The summed E-state index contributed by atoms with van der Waals surface area (Å²) in [5.41, 5.74) is 1.67. The molecule has 4 heteroatoms. The molecule has 18 heavy (non-hydrogen) atoms. The molecule has 0 amide bonds. The van der Waals surface area contributed by atoms with Crippen LogP contribution in [0.4, 0.5) is 5.69 Å². The molecule has 2 nitrogen and oxygen atoms in total. The molecule has 0 aliphatic heterocycles. The predicted molar refractivity (Wildman–Crippen MR) is 76.7 cm³/mol. The van der Waals surface area contributed by atoms with Crippen LogP contribution in [0.5, 0.6) is 5.75 Å². The molecule has 0 aliphatic rings. The van der Waals surface area contributed by atoms with Crippen molar-refractivity contribution in [3.8, 4) is 5.75 Å². The molecule has 0 radical (unpaired) electrons. The Morgan fingerprint density at radius 2 is 1.78 bits per heavy atom. The van der Waals surface area contributed by atoms with E-state index in [1.807, 2.05) is 30.3 Å². The first-order valence-electron chi connectivity index (χ1n) is 5.32. The lowest BCUT2D eigenvalue weighted by molar-refractivity contribution is 0.415. The Labute approximate surface area is 116 Å². The first-order valence-corrected chi connectivity index (χ1v) is 6.08. The highest BCUT2D eigenvalue weighted by Gasteiger charge is 1.98. The number of halogens is 2. The maximum Gasteiger partial charge on any atom is 0.119 e. The zero-order chi connectivity index (χ0) is 13.0. The molecule has 0 atom stereocenters. The minimum absolute atomic E-state index is 0.583. The molecule has 0 bridgehead atoms. The molecule has 0 heterocycles. The summed E-state index contributed by atoms with van der Waals surface area (Å²) in [6, 6.07) is 12.8. The summed E-state index contributed by atoms with van der Waals surface area (Å²) in [6.45, 7) is 0. The largest absolute Gasteiger partial charge is 0.497 e. The predicted octanol–water partition coefficient (Wildman–Crippen LogP) is 4.75. The van der Waals surface area contributed by atoms with Crippen molar-refractivity contribution in [1.82, 2.24) is 0 Å². The molecule has 2 rings (SSSR count). The minimum Gasteiger partial charge on any atom is -0.497 e. The van der Waals surface area contributed by atoms with Crippen molar-refractivity contribution < 1.29 is 4.74 Å². The van der Waals surface area contributed by atoms with E-state index in [4.69, 9.17) is 27.9 Å². The van der Waals surface area contributed by atoms with E-state index in [1.165, 1.54) is 0 Å². The van der Waals surface area contributed by atoms with E-state index >= 15 is 0 Å². The van der Waals surface area contributed by atoms with Gasteiger partial charge in [0.05, 0.1) is 17.8 Å². The topological polar surface area (TPSA) is 21.6 Å². The molecule has 0 fully saturated rings. The highest BCUT2D eigenvalue weighted by molar-refractivity contribution is 6.36. The number of hydrogen-bond donors (Lipinski definition) is 0. The van der Waals surface area contributed by atoms with Crippen LogP contribution in [0.3, 0.4) is 0 Å². The Kier molecular flexibility index (Phi) is 4.24. The molecule has 0 unspecified atom stereocenters. The van der Waals surface area contributed by atoms with Crippen LogP contribution in [0.25, 0.3) is 0 Å². The Hall–Kier alpha value is -1.51. The van der Waals surface area contributed by atoms with Gasteiger partial charge in [-0.2, -0.15) is 0 Å². The SMILES string of the molecule is COc1ccc(N=Cc2ccc(Cl)cc2Cl)cc1. The Bertz CT molecular complexity index is 565. The zero-order valence-corrected chi connectivity index (χ0v) is 11.2. The number of rotatable bonds is 3. The molecule has 92 valence electrons. The number of aliphatic imine (C=N–C) groups is 1. The van der Waals surface area contributed by atoms with Crippen LogP contribution in [0, 0.1) is 0 Å². The van der Waals surface area contributed by atoms with E-state index in [9.17, 15) is 0 Å². The third-order valence-electron chi connectivity index (χ3n) is 2.39. The average molecular weight is 280 g/mol. The van der Waals surface area contributed by atoms with Crippen molar-refractivity contribution in [2.45, 2.75) is 0 Å². The van der Waals surface area contributed by atoms with Gasteiger partial charge in [-0.3, -0.25) is 4.99 Å². The fourth-order valence-corrected chi connectivity index (χ4v) is 1.88. The molecule has 0 aromatic heterocycles. The van der Waals surface area contributed by atoms with Gasteiger partial charge < -0.3 is 4.74 Å². The van der Waals surface area contributed by atoms with E-state index in [0.29, 0.717) is 10.0 Å². The van der Waals surface area contributed by atoms with Crippen LogP contribution >= 0.6 is 23.2 Å². The minimum atomic E-state index is 0.583. The van der Waals surface area contributed by atoms with Crippen molar-refractivity contribution in [1.29, 1.82) is 0 Å². The van der Waals surface area contributed by atoms with Crippen molar-refractivity contribution in [3.63, 3.8) is 0 Å². The third kappa shape index (κ3) is 3.25. The van der Waals surface area contributed by atoms with Gasteiger partial charge in [-0.15, -0.1) is 0 Å². The maximum atomic E-state index is 6.05. The first-order chi connectivity index (χ1) is 8.69. The van der Waals surface area contributed by atoms with Crippen LogP contribution in [0.1, 0.15) is 5.56 Å². The summed E-state index contributed by atoms with van der Waals surface area (Å²) >= 11 is 11.9. The van der Waals surface area contributed by atoms with Gasteiger partial charge in [0.1, 0.15) is 5.75 Å². The van der Waals surface area contributed by atoms with Crippen molar-refractivity contribution in [2.24, 2.45) is 4.99 Å². The van der Waals surface area contributed by atoms with Gasteiger partial charge in [0.25, 0.3) is 0 Å². The summed E-state index contributed by atoms with van der Waals surface area (Å²) < 4.78 is 5.08. The van der Waals surface area contributed by atoms with E-state index in [-0.39, 0.29) is 0 Å². The molecule has 2 aromatic carbocycles. The smallest absolute Gasteiger partial charge is 0.119 e. The summed E-state index contributed by atoms with van der Waals surface area (Å²) in [7, 11) is 1.63. The van der Waals surface area contributed by atoms with Crippen molar-refractivity contribution in [2.75, 3.05) is 7.11 Å². The molecule has 0 spiro atoms. The summed E-state index contributed by atoms with van der Waals surface area (Å²) in [6.07, 6.45) is 1.71.